The van der Waals surface area contributed by atoms with E-state index < -0.39 is 0 Å². The molecule has 98 valence electrons. The molecule has 1 aliphatic rings. The highest BCUT2D eigenvalue weighted by atomic mass is 16.6. The van der Waals surface area contributed by atoms with Gasteiger partial charge in [0.05, 0.1) is 6.61 Å². The van der Waals surface area contributed by atoms with Crippen LogP contribution in [0.1, 0.15) is 13.3 Å². The van der Waals surface area contributed by atoms with Gasteiger partial charge < -0.3 is 14.4 Å². The molecule has 1 atom stereocenters. The summed E-state index contributed by atoms with van der Waals surface area (Å²) in [7, 11) is 0. The molecular formula is C14H19NO3. The normalized spacial score (nSPS) is 18.6. The maximum absolute atomic E-state index is 12.0. The average Bonchev–Trinajstić information content (AvgIpc) is 2.90. The van der Waals surface area contributed by atoms with Gasteiger partial charge in [-0.3, -0.25) is 0 Å². The standard InChI is InChI=1S/C14H19NO3/c1-2-15(10-12-8-9-17-11-12)14(16)18-13-6-4-3-5-7-13/h3-7,12H,2,8-11H2,1H3. The van der Waals surface area contributed by atoms with Crippen LogP contribution in [-0.4, -0.2) is 37.3 Å². The lowest BCUT2D eigenvalue weighted by molar-refractivity contribution is 0.139. The highest BCUT2D eigenvalue weighted by Crippen LogP contribution is 2.15. The molecule has 1 heterocycles. The fourth-order valence-electron chi connectivity index (χ4n) is 2.03. The second kappa shape index (κ2) is 6.40. The van der Waals surface area contributed by atoms with Crippen LogP contribution in [0.25, 0.3) is 0 Å². The lowest BCUT2D eigenvalue weighted by atomic mass is 10.1. The number of benzene rings is 1. The van der Waals surface area contributed by atoms with Gasteiger partial charge in [0.2, 0.25) is 0 Å². The molecule has 4 nitrogen and oxygen atoms in total. The van der Waals surface area contributed by atoms with Crippen molar-refractivity contribution in [3.8, 4) is 5.75 Å². The van der Waals surface area contributed by atoms with E-state index in [1.165, 1.54) is 0 Å². The van der Waals surface area contributed by atoms with Crippen molar-refractivity contribution in [3.05, 3.63) is 30.3 Å². The fourth-order valence-corrected chi connectivity index (χ4v) is 2.03. The molecule has 4 heteroatoms. The second-order valence-corrected chi connectivity index (χ2v) is 4.45. The van der Waals surface area contributed by atoms with E-state index in [9.17, 15) is 4.79 Å². The Balaban J connectivity index is 1.88. The molecular weight excluding hydrogens is 230 g/mol. The van der Waals surface area contributed by atoms with Gasteiger partial charge in [-0.25, -0.2) is 4.79 Å². The van der Waals surface area contributed by atoms with Crippen molar-refractivity contribution in [2.75, 3.05) is 26.3 Å². The molecule has 1 fully saturated rings. The summed E-state index contributed by atoms with van der Waals surface area (Å²) in [6, 6.07) is 9.16. The van der Waals surface area contributed by atoms with Gasteiger partial charge in [0.25, 0.3) is 0 Å². The van der Waals surface area contributed by atoms with E-state index in [1.54, 1.807) is 17.0 Å². The van der Waals surface area contributed by atoms with Crippen molar-refractivity contribution in [1.82, 2.24) is 4.90 Å². The van der Waals surface area contributed by atoms with Gasteiger partial charge >= 0.3 is 6.09 Å². The number of ether oxygens (including phenoxy) is 2. The van der Waals surface area contributed by atoms with Crippen molar-refractivity contribution in [2.24, 2.45) is 5.92 Å². The van der Waals surface area contributed by atoms with Gasteiger partial charge in [-0.1, -0.05) is 18.2 Å². The first kappa shape index (κ1) is 12.9. The predicted octanol–water partition coefficient (Wildman–Crippen LogP) is 2.54. The van der Waals surface area contributed by atoms with Crippen molar-refractivity contribution in [2.45, 2.75) is 13.3 Å². The maximum atomic E-state index is 12.0. The molecule has 0 radical (unpaired) electrons. The van der Waals surface area contributed by atoms with E-state index in [0.29, 0.717) is 24.8 Å². The first-order valence-electron chi connectivity index (χ1n) is 6.39. The molecule has 1 unspecified atom stereocenters. The van der Waals surface area contributed by atoms with Gasteiger partial charge in [0, 0.05) is 25.6 Å². The summed E-state index contributed by atoms with van der Waals surface area (Å²) < 4.78 is 10.6. The second-order valence-electron chi connectivity index (χ2n) is 4.45. The molecule has 1 aromatic rings. The summed E-state index contributed by atoms with van der Waals surface area (Å²) in [6.45, 7) is 4.87. The summed E-state index contributed by atoms with van der Waals surface area (Å²) in [5, 5.41) is 0. The summed E-state index contributed by atoms with van der Waals surface area (Å²) in [4.78, 5) is 13.7. The minimum absolute atomic E-state index is 0.282. The van der Waals surface area contributed by atoms with Gasteiger partial charge in [-0.15, -0.1) is 0 Å². The van der Waals surface area contributed by atoms with Crippen LogP contribution in [0, 0.1) is 5.92 Å². The Morgan fingerprint density at radius 2 is 2.22 bits per heavy atom. The van der Waals surface area contributed by atoms with Crippen LogP contribution in [0.15, 0.2) is 30.3 Å². The zero-order valence-corrected chi connectivity index (χ0v) is 10.7. The van der Waals surface area contributed by atoms with E-state index in [2.05, 4.69) is 0 Å². The lowest BCUT2D eigenvalue weighted by Gasteiger charge is -2.22. The molecule has 0 aliphatic carbocycles. The minimum Gasteiger partial charge on any atom is -0.410 e. The number of rotatable bonds is 4. The smallest absolute Gasteiger partial charge is 0.410 e. The number of hydrogen-bond donors (Lipinski definition) is 0. The zero-order chi connectivity index (χ0) is 12.8. The van der Waals surface area contributed by atoms with Crippen LogP contribution in [0.5, 0.6) is 5.75 Å². The molecule has 0 spiro atoms. The van der Waals surface area contributed by atoms with Crippen molar-refractivity contribution in [1.29, 1.82) is 0 Å². The summed E-state index contributed by atoms with van der Waals surface area (Å²) in [6.07, 6.45) is 0.741. The average molecular weight is 249 g/mol. The van der Waals surface area contributed by atoms with Gasteiger partial charge in [-0.05, 0) is 25.5 Å². The van der Waals surface area contributed by atoms with Gasteiger partial charge in [-0.2, -0.15) is 0 Å². The monoisotopic (exact) mass is 249 g/mol. The van der Waals surface area contributed by atoms with E-state index in [1.807, 2.05) is 25.1 Å². The first-order valence-corrected chi connectivity index (χ1v) is 6.39. The van der Waals surface area contributed by atoms with Crippen LogP contribution in [-0.2, 0) is 4.74 Å². The van der Waals surface area contributed by atoms with Crippen molar-refractivity contribution in [3.63, 3.8) is 0 Å². The quantitative estimate of drug-likeness (QED) is 0.823. The van der Waals surface area contributed by atoms with Crippen LogP contribution in [0.3, 0.4) is 0 Å². The predicted molar refractivity (Wildman–Crippen MR) is 68.6 cm³/mol. The third kappa shape index (κ3) is 3.47. The highest BCUT2D eigenvalue weighted by Gasteiger charge is 2.22. The van der Waals surface area contributed by atoms with Gasteiger partial charge in [0.1, 0.15) is 5.75 Å². The number of para-hydroxylation sites is 1. The fraction of sp³-hybridized carbons (Fsp3) is 0.500. The van der Waals surface area contributed by atoms with E-state index >= 15 is 0 Å². The van der Waals surface area contributed by atoms with Gasteiger partial charge in [0.15, 0.2) is 0 Å². The first-order chi connectivity index (χ1) is 8.79. The molecule has 1 aromatic carbocycles. The van der Waals surface area contributed by atoms with Crippen LogP contribution >= 0.6 is 0 Å². The third-order valence-corrected chi connectivity index (χ3v) is 3.09. The molecule has 18 heavy (non-hydrogen) atoms. The Morgan fingerprint density at radius 3 is 2.83 bits per heavy atom. The third-order valence-electron chi connectivity index (χ3n) is 3.09. The Morgan fingerprint density at radius 1 is 1.44 bits per heavy atom. The molecule has 1 saturated heterocycles. The van der Waals surface area contributed by atoms with E-state index in [-0.39, 0.29) is 6.09 Å². The van der Waals surface area contributed by atoms with Crippen molar-refractivity contribution < 1.29 is 14.3 Å². The number of carbonyl (C=O) groups excluding carboxylic acids is 1. The molecule has 2 rings (SSSR count). The highest BCUT2D eigenvalue weighted by molar-refractivity contribution is 5.70. The SMILES string of the molecule is CCN(CC1CCOC1)C(=O)Oc1ccccc1. The Labute approximate surface area is 107 Å². The Kier molecular flexibility index (Phi) is 4.59. The zero-order valence-electron chi connectivity index (χ0n) is 10.7. The number of carbonyl (C=O) groups is 1. The summed E-state index contributed by atoms with van der Waals surface area (Å²) >= 11 is 0. The molecule has 0 N–H and O–H groups in total. The van der Waals surface area contributed by atoms with Crippen LogP contribution < -0.4 is 4.74 Å². The Bertz CT molecular complexity index is 374. The Hall–Kier alpha value is -1.55. The molecule has 0 bridgehead atoms. The molecule has 0 saturated carbocycles. The number of amides is 1. The lowest BCUT2D eigenvalue weighted by Crippen LogP contribution is -2.37. The van der Waals surface area contributed by atoms with Crippen LogP contribution in [0.4, 0.5) is 4.79 Å². The number of hydrogen-bond acceptors (Lipinski definition) is 3. The topological polar surface area (TPSA) is 38.8 Å². The molecule has 1 amide bonds. The molecule has 0 aromatic heterocycles. The van der Waals surface area contributed by atoms with E-state index in [4.69, 9.17) is 9.47 Å². The summed E-state index contributed by atoms with van der Waals surface area (Å²) in [5.74, 6) is 1.02. The minimum atomic E-state index is -0.282. The van der Waals surface area contributed by atoms with Crippen LogP contribution in [0.2, 0.25) is 0 Å². The number of nitrogens with zero attached hydrogens (tertiary/aromatic N) is 1. The molecule has 1 aliphatic heterocycles. The van der Waals surface area contributed by atoms with E-state index in [0.717, 1.165) is 19.6 Å². The summed E-state index contributed by atoms with van der Waals surface area (Å²) in [5.41, 5.74) is 0. The van der Waals surface area contributed by atoms with Crippen molar-refractivity contribution >= 4 is 6.09 Å². The largest absolute Gasteiger partial charge is 0.415 e. The maximum Gasteiger partial charge on any atom is 0.415 e.